The van der Waals surface area contributed by atoms with Gasteiger partial charge in [0.1, 0.15) is 0 Å². The minimum absolute atomic E-state index is 0.0753. The van der Waals surface area contributed by atoms with Crippen molar-refractivity contribution in [3.05, 3.63) is 48.6 Å². The number of aliphatic hydroxyl groups excluding tert-OH is 2. The van der Waals surface area contributed by atoms with Crippen LogP contribution in [0.5, 0.6) is 0 Å². The maximum Gasteiger partial charge on any atom is 0.220 e. The lowest BCUT2D eigenvalue weighted by atomic mass is 10.0. The number of allylic oxidation sites excluding steroid dienone is 7. The van der Waals surface area contributed by atoms with Gasteiger partial charge >= 0.3 is 0 Å². The second kappa shape index (κ2) is 50.7. The van der Waals surface area contributed by atoms with Gasteiger partial charge in [-0.05, 0) is 70.6 Å². The first-order valence-electron chi connectivity index (χ1n) is 26.4. The van der Waals surface area contributed by atoms with E-state index in [4.69, 9.17) is 0 Å². The molecule has 0 spiro atoms. The van der Waals surface area contributed by atoms with Crippen LogP contribution in [-0.4, -0.2) is 34.9 Å². The Morgan fingerprint density at radius 1 is 0.390 bits per heavy atom. The normalized spacial score (nSPS) is 13.2. The molecule has 0 bridgehead atoms. The number of aliphatic hydroxyl groups is 2. The molecule has 4 nitrogen and oxygen atoms in total. The van der Waals surface area contributed by atoms with Crippen molar-refractivity contribution < 1.29 is 15.0 Å². The summed E-state index contributed by atoms with van der Waals surface area (Å²) in [5.41, 5.74) is 0. The molecular weight excluding hydrogens is 723 g/mol. The topological polar surface area (TPSA) is 69.6 Å². The number of unbranched alkanes of at least 4 members (excludes halogenated alkanes) is 35. The second-order valence-electron chi connectivity index (χ2n) is 17.9. The van der Waals surface area contributed by atoms with Crippen molar-refractivity contribution in [2.24, 2.45) is 0 Å². The van der Waals surface area contributed by atoms with E-state index >= 15 is 0 Å². The Morgan fingerprint density at radius 2 is 0.661 bits per heavy atom. The van der Waals surface area contributed by atoms with Crippen molar-refractivity contribution in [1.29, 1.82) is 0 Å². The summed E-state index contributed by atoms with van der Waals surface area (Å²) in [7, 11) is 0. The van der Waals surface area contributed by atoms with E-state index in [1.807, 2.05) is 6.08 Å². The third-order valence-electron chi connectivity index (χ3n) is 12.0. The lowest BCUT2D eigenvalue weighted by molar-refractivity contribution is -0.123. The molecule has 2 atom stereocenters. The minimum Gasteiger partial charge on any atom is -0.394 e. The second-order valence-corrected chi connectivity index (χ2v) is 17.9. The van der Waals surface area contributed by atoms with Gasteiger partial charge in [-0.2, -0.15) is 0 Å². The van der Waals surface area contributed by atoms with Crippen LogP contribution in [0, 0.1) is 0 Å². The number of hydrogen-bond donors (Lipinski definition) is 3. The fourth-order valence-electron chi connectivity index (χ4n) is 7.97. The van der Waals surface area contributed by atoms with Gasteiger partial charge in [-0.15, -0.1) is 0 Å². The predicted octanol–water partition coefficient (Wildman–Crippen LogP) is 17.1. The molecule has 4 heteroatoms. The maximum atomic E-state index is 12.4. The predicted molar refractivity (Wildman–Crippen MR) is 262 cm³/mol. The molecule has 0 aliphatic rings. The molecule has 0 fully saturated rings. The Morgan fingerprint density at radius 3 is 0.983 bits per heavy atom. The van der Waals surface area contributed by atoms with E-state index in [0.717, 1.165) is 38.5 Å². The Labute approximate surface area is 369 Å². The molecule has 0 heterocycles. The minimum atomic E-state index is -0.870. The first kappa shape index (κ1) is 57.3. The molecule has 346 valence electrons. The van der Waals surface area contributed by atoms with Gasteiger partial charge in [0.05, 0.1) is 18.8 Å². The Bertz CT molecular complexity index is 939. The summed E-state index contributed by atoms with van der Waals surface area (Å²) in [4.78, 5) is 12.4. The lowest BCUT2D eigenvalue weighted by Crippen LogP contribution is -2.45. The van der Waals surface area contributed by atoms with Gasteiger partial charge in [0.15, 0.2) is 0 Å². The highest BCUT2D eigenvalue weighted by atomic mass is 16.3. The average molecular weight is 826 g/mol. The van der Waals surface area contributed by atoms with E-state index in [1.165, 1.54) is 218 Å². The highest BCUT2D eigenvalue weighted by Gasteiger charge is 2.17. The summed E-state index contributed by atoms with van der Waals surface area (Å²) < 4.78 is 0. The summed E-state index contributed by atoms with van der Waals surface area (Å²) >= 11 is 0. The zero-order valence-electron chi connectivity index (χ0n) is 39.8. The van der Waals surface area contributed by atoms with E-state index < -0.39 is 12.1 Å². The molecule has 0 aromatic carbocycles. The number of nitrogens with one attached hydrogen (secondary N) is 1. The van der Waals surface area contributed by atoms with Crippen molar-refractivity contribution in [3.8, 4) is 0 Å². The molecule has 0 aromatic heterocycles. The summed E-state index contributed by atoms with van der Waals surface area (Å²) in [6, 6.07) is -0.645. The van der Waals surface area contributed by atoms with Crippen LogP contribution in [0.2, 0.25) is 0 Å². The van der Waals surface area contributed by atoms with E-state index in [0.29, 0.717) is 6.42 Å². The first-order valence-corrected chi connectivity index (χ1v) is 26.4. The van der Waals surface area contributed by atoms with Gasteiger partial charge in [-0.25, -0.2) is 0 Å². The quantitative estimate of drug-likeness (QED) is 0.0423. The molecule has 0 aliphatic carbocycles. The van der Waals surface area contributed by atoms with Crippen molar-refractivity contribution in [3.63, 3.8) is 0 Å². The van der Waals surface area contributed by atoms with E-state index in [9.17, 15) is 15.0 Å². The molecule has 0 rings (SSSR count). The molecular formula is C55H103NO3. The van der Waals surface area contributed by atoms with Crippen LogP contribution in [0.25, 0.3) is 0 Å². The van der Waals surface area contributed by atoms with Crippen LogP contribution in [0.4, 0.5) is 0 Å². The van der Waals surface area contributed by atoms with E-state index in [-0.39, 0.29) is 12.5 Å². The molecule has 2 unspecified atom stereocenters. The number of carbonyl (C=O) groups excluding carboxylic acids is 1. The zero-order valence-corrected chi connectivity index (χ0v) is 39.8. The number of hydrogen-bond acceptors (Lipinski definition) is 3. The fraction of sp³-hybridized carbons (Fsp3) is 0.836. The highest BCUT2D eigenvalue weighted by molar-refractivity contribution is 5.76. The zero-order chi connectivity index (χ0) is 42.8. The molecule has 0 saturated carbocycles. The number of amides is 1. The van der Waals surface area contributed by atoms with Crippen molar-refractivity contribution in [2.45, 2.75) is 289 Å². The maximum absolute atomic E-state index is 12.4. The fourth-order valence-corrected chi connectivity index (χ4v) is 7.97. The van der Waals surface area contributed by atoms with Crippen molar-refractivity contribution in [2.75, 3.05) is 6.61 Å². The van der Waals surface area contributed by atoms with Crippen LogP contribution in [-0.2, 0) is 4.79 Å². The van der Waals surface area contributed by atoms with Gasteiger partial charge in [-0.3, -0.25) is 4.79 Å². The Balaban J connectivity index is 3.55. The molecule has 3 N–H and O–H groups in total. The molecule has 0 aromatic rings. The van der Waals surface area contributed by atoms with E-state index in [1.54, 1.807) is 6.08 Å². The third-order valence-corrected chi connectivity index (χ3v) is 12.0. The third kappa shape index (κ3) is 47.3. The summed E-state index contributed by atoms with van der Waals surface area (Å²) in [5, 5.41) is 23.1. The largest absolute Gasteiger partial charge is 0.394 e. The Kier molecular flexibility index (Phi) is 49.3. The van der Waals surface area contributed by atoms with Gasteiger partial charge in [0.25, 0.3) is 0 Å². The summed E-state index contributed by atoms with van der Waals surface area (Å²) in [6.45, 7) is 4.31. The number of rotatable bonds is 48. The average Bonchev–Trinajstić information content (AvgIpc) is 3.24. The first-order chi connectivity index (χ1) is 29.2. The number of carbonyl (C=O) groups is 1. The van der Waals surface area contributed by atoms with Gasteiger partial charge in [0.2, 0.25) is 5.91 Å². The van der Waals surface area contributed by atoms with Gasteiger partial charge < -0.3 is 15.5 Å². The SMILES string of the molecule is CCCCCCCCCC/C=C\CCCCCCCCCCCCCCCCCC(=O)NC(CO)C(O)/C=C/CC/C=C/CC/C=C/CCCCCCCCCCCC. The van der Waals surface area contributed by atoms with Crippen LogP contribution in [0.3, 0.4) is 0 Å². The van der Waals surface area contributed by atoms with Crippen LogP contribution >= 0.6 is 0 Å². The molecule has 0 saturated heterocycles. The van der Waals surface area contributed by atoms with Crippen molar-refractivity contribution >= 4 is 5.91 Å². The summed E-state index contributed by atoms with van der Waals surface area (Å²) in [5.74, 6) is -0.0753. The van der Waals surface area contributed by atoms with E-state index in [2.05, 4.69) is 55.6 Å². The monoisotopic (exact) mass is 826 g/mol. The highest BCUT2D eigenvalue weighted by Crippen LogP contribution is 2.16. The van der Waals surface area contributed by atoms with Crippen molar-refractivity contribution in [1.82, 2.24) is 5.32 Å². The lowest BCUT2D eigenvalue weighted by Gasteiger charge is -2.19. The van der Waals surface area contributed by atoms with Crippen LogP contribution in [0.15, 0.2) is 48.6 Å². The Hall–Kier alpha value is -1.65. The molecule has 0 aliphatic heterocycles. The van der Waals surface area contributed by atoms with Crippen LogP contribution < -0.4 is 5.32 Å². The summed E-state index contributed by atoms with van der Waals surface area (Å²) in [6.07, 6.45) is 69.7. The van der Waals surface area contributed by atoms with Crippen LogP contribution in [0.1, 0.15) is 277 Å². The molecule has 59 heavy (non-hydrogen) atoms. The van der Waals surface area contributed by atoms with Gasteiger partial charge in [0, 0.05) is 6.42 Å². The smallest absolute Gasteiger partial charge is 0.220 e. The van der Waals surface area contributed by atoms with Gasteiger partial charge in [-0.1, -0.05) is 249 Å². The molecule has 1 amide bonds. The standard InChI is InChI=1S/C55H103NO3/c1-3-5-7-9-11-13-15-17-19-21-23-25-26-27-28-29-30-31-33-35-37-39-41-43-45-47-49-51-55(59)56-53(52-57)54(58)50-48-46-44-42-40-38-36-34-32-24-22-20-18-16-14-12-10-8-6-4-2/h21,23,32,34,40,42,48,50,53-54,57-58H,3-20,22,24-31,33,35-39,41,43-47,49,51-52H2,1-2H3,(H,56,59)/b23-21-,34-32+,42-40+,50-48+. The molecule has 0 radical (unpaired) electrons.